The Balaban J connectivity index is 1.64. The molecule has 1 aromatic heterocycles. The Kier molecular flexibility index (Phi) is 6.82. The molecule has 0 spiro atoms. The van der Waals surface area contributed by atoms with Crippen LogP contribution in [-0.4, -0.2) is 17.4 Å². The number of halogens is 2. The average molecular weight is 465 g/mol. The molecular weight excluding hydrogens is 447 g/mol. The molecule has 0 fully saturated rings. The molecule has 1 amide bonds. The quantitative estimate of drug-likeness (QED) is 0.330. The van der Waals surface area contributed by atoms with E-state index in [1.807, 2.05) is 66.1 Å². The van der Waals surface area contributed by atoms with Crippen LogP contribution in [0.5, 0.6) is 0 Å². The van der Waals surface area contributed by atoms with Crippen LogP contribution in [0, 0.1) is 0 Å². The standard InChI is InChI=1S/C25H18Cl2N2OS/c26-21-12-6-4-10-18(21)14-19(15-28-24(30)20-11-5-7-13-22(20)27)25-29-23(16-31-25)17-8-2-1-3-9-17/h1-14,16H,15H2,(H,28,30). The maximum absolute atomic E-state index is 12.7. The predicted molar refractivity (Wildman–Crippen MR) is 131 cm³/mol. The van der Waals surface area contributed by atoms with Gasteiger partial charge in [-0.2, -0.15) is 0 Å². The van der Waals surface area contributed by atoms with E-state index in [4.69, 9.17) is 28.2 Å². The van der Waals surface area contributed by atoms with Gasteiger partial charge in [0, 0.05) is 28.1 Å². The molecule has 0 unspecified atom stereocenters. The van der Waals surface area contributed by atoms with Crippen LogP contribution in [0.15, 0.2) is 84.2 Å². The lowest BCUT2D eigenvalue weighted by Gasteiger charge is -2.09. The molecule has 4 rings (SSSR count). The summed E-state index contributed by atoms with van der Waals surface area (Å²) in [7, 11) is 0. The molecule has 0 radical (unpaired) electrons. The van der Waals surface area contributed by atoms with Gasteiger partial charge in [0.25, 0.3) is 5.91 Å². The molecule has 154 valence electrons. The Hall–Kier alpha value is -2.92. The number of amides is 1. The first kappa shape index (κ1) is 21.3. The minimum atomic E-state index is -0.240. The largest absolute Gasteiger partial charge is 0.348 e. The number of carbonyl (C=O) groups is 1. The van der Waals surface area contributed by atoms with Gasteiger partial charge in [0.05, 0.1) is 16.3 Å². The van der Waals surface area contributed by atoms with Crippen molar-refractivity contribution in [2.75, 3.05) is 6.54 Å². The van der Waals surface area contributed by atoms with E-state index in [9.17, 15) is 4.79 Å². The number of thiazole rings is 1. The summed E-state index contributed by atoms with van der Waals surface area (Å²) in [6.07, 6.45) is 1.96. The third-order valence-electron chi connectivity index (χ3n) is 4.64. The smallest absolute Gasteiger partial charge is 0.253 e. The van der Waals surface area contributed by atoms with Gasteiger partial charge in [-0.3, -0.25) is 4.79 Å². The highest BCUT2D eigenvalue weighted by Gasteiger charge is 2.14. The first-order valence-electron chi connectivity index (χ1n) is 9.61. The number of hydrogen-bond donors (Lipinski definition) is 1. The van der Waals surface area contributed by atoms with Crippen LogP contribution in [0.1, 0.15) is 20.9 Å². The van der Waals surface area contributed by atoms with Gasteiger partial charge in [0.15, 0.2) is 0 Å². The number of benzene rings is 3. The van der Waals surface area contributed by atoms with Crippen LogP contribution in [0.2, 0.25) is 10.0 Å². The maximum Gasteiger partial charge on any atom is 0.253 e. The molecule has 0 aliphatic carbocycles. The molecule has 0 saturated carbocycles. The zero-order valence-corrected chi connectivity index (χ0v) is 18.7. The van der Waals surface area contributed by atoms with Gasteiger partial charge in [0.2, 0.25) is 0 Å². The van der Waals surface area contributed by atoms with Crippen molar-refractivity contribution in [2.45, 2.75) is 0 Å². The number of nitrogens with one attached hydrogen (secondary N) is 1. The molecule has 0 bridgehead atoms. The zero-order valence-electron chi connectivity index (χ0n) is 16.4. The third kappa shape index (κ3) is 5.23. The van der Waals surface area contributed by atoms with Crippen LogP contribution in [0.3, 0.4) is 0 Å². The second-order valence-corrected chi connectivity index (χ2v) is 8.43. The Morgan fingerprint density at radius 2 is 1.58 bits per heavy atom. The Morgan fingerprint density at radius 3 is 2.32 bits per heavy atom. The summed E-state index contributed by atoms with van der Waals surface area (Å²) in [6, 6.07) is 24.6. The topological polar surface area (TPSA) is 42.0 Å². The zero-order chi connectivity index (χ0) is 21.6. The highest BCUT2D eigenvalue weighted by Crippen LogP contribution is 2.29. The van der Waals surface area contributed by atoms with Gasteiger partial charge in [-0.1, -0.05) is 83.9 Å². The average Bonchev–Trinajstić information content (AvgIpc) is 3.29. The lowest BCUT2D eigenvalue weighted by molar-refractivity contribution is 0.0959. The van der Waals surface area contributed by atoms with Crippen LogP contribution in [0.4, 0.5) is 0 Å². The molecule has 3 nitrogen and oxygen atoms in total. The van der Waals surface area contributed by atoms with Crippen LogP contribution in [-0.2, 0) is 0 Å². The van der Waals surface area contributed by atoms with Gasteiger partial charge in [-0.05, 0) is 29.8 Å². The van der Waals surface area contributed by atoms with Crippen LogP contribution in [0.25, 0.3) is 22.9 Å². The highest BCUT2D eigenvalue weighted by atomic mass is 35.5. The number of hydrogen-bond acceptors (Lipinski definition) is 3. The third-order valence-corrected chi connectivity index (χ3v) is 6.23. The summed E-state index contributed by atoms with van der Waals surface area (Å²) in [5.41, 5.74) is 4.10. The summed E-state index contributed by atoms with van der Waals surface area (Å²) < 4.78 is 0. The molecular formula is C25H18Cl2N2OS. The van der Waals surface area contributed by atoms with E-state index in [0.717, 1.165) is 27.4 Å². The van der Waals surface area contributed by atoms with E-state index in [2.05, 4.69) is 5.32 Å². The fourth-order valence-corrected chi connectivity index (χ4v) is 4.30. The molecule has 1 heterocycles. The minimum absolute atomic E-state index is 0.240. The summed E-state index contributed by atoms with van der Waals surface area (Å²) in [5.74, 6) is -0.240. The van der Waals surface area contributed by atoms with Gasteiger partial charge in [-0.15, -0.1) is 11.3 Å². The van der Waals surface area contributed by atoms with Crippen molar-refractivity contribution in [3.8, 4) is 11.3 Å². The molecule has 3 aromatic carbocycles. The summed E-state index contributed by atoms with van der Waals surface area (Å²) in [6.45, 7) is 0.289. The van der Waals surface area contributed by atoms with E-state index in [-0.39, 0.29) is 12.5 Å². The van der Waals surface area contributed by atoms with Crippen molar-refractivity contribution < 1.29 is 4.79 Å². The van der Waals surface area contributed by atoms with Crippen molar-refractivity contribution in [2.24, 2.45) is 0 Å². The molecule has 6 heteroatoms. The first-order valence-corrected chi connectivity index (χ1v) is 11.2. The first-order chi connectivity index (χ1) is 15.1. The monoisotopic (exact) mass is 464 g/mol. The Bertz CT molecular complexity index is 1240. The summed E-state index contributed by atoms with van der Waals surface area (Å²) in [4.78, 5) is 17.5. The highest BCUT2D eigenvalue weighted by molar-refractivity contribution is 7.11. The predicted octanol–water partition coefficient (Wildman–Crippen LogP) is 7.09. The fourth-order valence-electron chi connectivity index (χ4n) is 3.05. The molecule has 0 aliphatic heterocycles. The summed E-state index contributed by atoms with van der Waals surface area (Å²) >= 11 is 14.1. The van der Waals surface area contributed by atoms with Crippen molar-refractivity contribution in [1.29, 1.82) is 0 Å². The fraction of sp³-hybridized carbons (Fsp3) is 0.0400. The number of nitrogens with zero attached hydrogens (tertiary/aromatic N) is 1. The van der Waals surface area contributed by atoms with Crippen LogP contribution < -0.4 is 5.32 Å². The van der Waals surface area contributed by atoms with E-state index in [1.165, 1.54) is 11.3 Å². The van der Waals surface area contributed by atoms with Gasteiger partial charge in [0.1, 0.15) is 5.01 Å². The van der Waals surface area contributed by atoms with Crippen molar-refractivity contribution in [3.63, 3.8) is 0 Å². The lowest BCUT2D eigenvalue weighted by atomic mass is 10.1. The Labute approximate surface area is 195 Å². The Morgan fingerprint density at radius 1 is 0.903 bits per heavy atom. The molecule has 0 aliphatic rings. The normalized spacial score (nSPS) is 11.4. The molecule has 0 saturated heterocycles. The number of rotatable bonds is 6. The van der Waals surface area contributed by atoms with Crippen molar-refractivity contribution in [1.82, 2.24) is 10.3 Å². The maximum atomic E-state index is 12.7. The van der Waals surface area contributed by atoms with E-state index in [0.29, 0.717) is 15.6 Å². The van der Waals surface area contributed by atoms with Gasteiger partial charge < -0.3 is 5.32 Å². The number of aromatic nitrogens is 1. The molecule has 4 aromatic rings. The SMILES string of the molecule is O=C(NCC(=Cc1ccccc1Cl)c1nc(-c2ccccc2)cs1)c1ccccc1Cl. The van der Waals surface area contributed by atoms with E-state index >= 15 is 0 Å². The molecule has 1 N–H and O–H groups in total. The summed E-state index contributed by atoms with van der Waals surface area (Å²) in [5, 5.41) is 6.84. The second-order valence-electron chi connectivity index (χ2n) is 6.76. The van der Waals surface area contributed by atoms with Crippen molar-refractivity contribution >= 4 is 52.1 Å². The van der Waals surface area contributed by atoms with Crippen molar-refractivity contribution in [3.05, 3.63) is 110 Å². The molecule has 31 heavy (non-hydrogen) atoms. The second kappa shape index (κ2) is 9.92. The number of carbonyl (C=O) groups excluding carboxylic acids is 1. The van der Waals surface area contributed by atoms with Gasteiger partial charge in [-0.25, -0.2) is 4.98 Å². The lowest BCUT2D eigenvalue weighted by Crippen LogP contribution is -2.25. The van der Waals surface area contributed by atoms with E-state index < -0.39 is 0 Å². The van der Waals surface area contributed by atoms with E-state index in [1.54, 1.807) is 24.3 Å². The van der Waals surface area contributed by atoms with Crippen LogP contribution >= 0.6 is 34.5 Å². The molecule has 0 atom stereocenters. The minimum Gasteiger partial charge on any atom is -0.348 e. The van der Waals surface area contributed by atoms with Gasteiger partial charge >= 0.3 is 0 Å².